The molecule has 2 rings (SSSR count). The molecule has 4 nitrogen and oxygen atoms in total. The van der Waals surface area contributed by atoms with E-state index in [9.17, 15) is 4.79 Å². The van der Waals surface area contributed by atoms with Gasteiger partial charge in [0.15, 0.2) is 0 Å². The highest BCUT2D eigenvalue weighted by atomic mass is 16.2. The van der Waals surface area contributed by atoms with E-state index >= 15 is 0 Å². The predicted molar refractivity (Wildman–Crippen MR) is 68.1 cm³/mol. The van der Waals surface area contributed by atoms with E-state index in [1.165, 1.54) is 12.8 Å². The Labute approximate surface area is 103 Å². The van der Waals surface area contributed by atoms with Crippen LogP contribution in [0, 0.1) is 17.2 Å². The number of nitrogens with zero attached hydrogens (tertiary/aromatic N) is 1. The van der Waals surface area contributed by atoms with Crippen molar-refractivity contribution in [3.63, 3.8) is 0 Å². The van der Waals surface area contributed by atoms with Gasteiger partial charge in [0.2, 0.25) is 0 Å². The van der Waals surface area contributed by atoms with E-state index in [1.54, 1.807) is 11.0 Å². The molecule has 2 N–H and O–H groups in total. The Kier molecular flexibility index (Phi) is 3.50. The van der Waals surface area contributed by atoms with Crippen LogP contribution in [0.2, 0.25) is 0 Å². The van der Waals surface area contributed by atoms with Crippen molar-refractivity contribution in [2.24, 2.45) is 11.8 Å². The molecular formula is C13H21N3O. The number of hydrogen-bond acceptors (Lipinski definition) is 2. The van der Waals surface area contributed by atoms with Crippen molar-refractivity contribution in [1.29, 1.82) is 5.41 Å². The molecule has 2 aliphatic rings. The maximum Gasteiger partial charge on any atom is 0.323 e. The maximum absolute atomic E-state index is 11.7. The van der Waals surface area contributed by atoms with E-state index in [-0.39, 0.29) is 12.1 Å². The van der Waals surface area contributed by atoms with Crippen molar-refractivity contribution in [3.8, 4) is 0 Å². The summed E-state index contributed by atoms with van der Waals surface area (Å²) in [5.41, 5.74) is 0. The van der Waals surface area contributed by atoms with E-state index in [0.29, 0.717) is 18.3 Å². The molecule has 0 aromatic heterocycles. The summed E-state index contributed by atoms with van der Waals surface area (Å²) in [5, 5.41) is 10.6. The Bertz CT molecular complexity index is 332. The number of urea groups is 1. The lowest BCUT2D eigenvalue weighted by atomic mass is 9.79. The molecule has 1 saturated carbocycles. The molecule has 1 aliphatic heterocycles. The first kappa shape index (κ1) is 12.1. The summed E-state index contributed by atoms with van der Waals surface area (Å²) in [4.78, 5) is 13.5. The normalized spacial score (nSPS) is 33.7. The van der Waals surface area contributed by atoms with Crippen LogP contribution >= 0.6 is 0 Å². The average Bonchev–Trinajstić information content (AvgIpc) is 2.56. The van der Waals surface area contributed by atoms with Gasteiger partial charge in [-0.05, 0) is 24.7 Å². The largest absolute Gasteiger partial charge is 0.323 e. The van der Waals surface area contributed by atoms with E-state index in [0.717, 1.165) is 18.8 Å². The summed E-state index contributed by atoms with van der Waals surface area (Å²) in [7, 11) is 0. The summed E-state index contributed by atoms with van der Waals surface area (Å²) >= 11 is 0. The smallest absolute Gasteiger partial charge is 0.310 e. The molecule has 4 heteroatoms. The Morgan fingerprint density at radius 1 is 1.47 bits per heavy atom. The van der Waals surface area contributed by atoms with Crippen molar-refractivity contribution in [2.75, 3.05) is 6.54 Å². The minimum atomic E-state index is -0.140. The predicted octanol–water partition coefficient (Wildman–Crippen LogP) is 2.37. The topological polar surface area (TPSA) is 56.2 Å². The monoisotopic (exact) mass is 235 g/mol. The number of hydrogen-bond donors (Lipinski definition) is 2. The molecule has 0 aromatic carbocycles. The highest BCUT2D eigenvalue weighted by Gasteiger charge is 2.40. The van der Waals surface area contributed by atoms with Crippen molar-refractivity contribution in [2.45, 2.75) is 38.6 Å². The molecular weight excluding hydrogens is 214 g/mol. The van der Waals surface area contributed by atoms with Crippen molar-refractivity contribution in [3.05, 3.63) is 12.7 Å². The second kappa shape index (κ2) is 4.90. The molecule has 0 radical (unpaired) electrons. The van der Waals surface area contributed by atoms with Gasteiger partial charge in [-0.2, -0.15) is 0 Å². The molecule has 0 bridgehead atoms. The Balaban J connectivity index is 2.08. The van der Waals surface area contributed by atoms with Crippen LogP contribution in [-0.4, -0.2) is 29.4 Å². The Hall–Kier alpha value is -1.32. The van der Waals surface area contributed by atoms with Crippen molar-refractivity contribution >= 4 is 11.9 Å². The molecule has 1 heterocycles. The molecule has 1 unspecified atom stereocenters. The third-order valence-electron chi connectivity index (χ3n) is 3.97. The number of amides is 2. The molecule has 2 fully saturated rings. The number of rotatable bonds is 3. The Morgan fingerprint density at radius 3 is 2.71 bits per heavy atom. The first-order valence-electron chi connectivity index (χ1n) is 6.40. The number of amidine groups is 1. The minimum absolute atomic E-state index is 0.0481. The van der Waals surface area contributed by atoms with Gasteiger partial charge in [0, 0.05) is 6.54 Å². The average molecular weight is 235 g/mol. The van der Waals surface area contributed by atoms with Crippen LogP contribution in [0.3, 0.4) is 0 Å². The summed E-state index contributed by atoms with van der Waals surface area (Å²) in [5.74, 6) is 1.60. The Morgan fingerprint density at radius 2 is 2.12 bits per heavy atom. The van der Waals surface area contributed by atoms with Crippen LogP contribution in [0.25, 0.3) is 0 Å². The lowest BCUT2D eigenvalue weighted by Crippen LogP contribution is -2.42. The molecule has 94 valence electrons. The van der Waals surface area contributed by atoms with Gasteiger partial charge in [0.25, 0.3) is 0 Å². The highest BCUT2D eigenvalue weighted by Crippen LogP contribution is 2.33. The zero-order valence-electron chi connectivity index (χ0n) is 10.4. The van der Waals surface area contributed by atoms with Gasteiger partial charge in [0.1, 0.15) is 5.84 Å². The van der Waals surface area contributed by atoms with E-state index < -0.39 is 0 Å². The van der Waals surface area contributed by atoms with Gasteiger partial charge in [-0.25, -0.2) is 4.79 Å². The van der Waals surface area contributed by atoms with E-state index in [4.69, 9.17) is 5.41 Å². The van der Waals surface area contributed by atoms with Crippen LogP contribution in [0.4, 0.5) is 4.79 Å². The van der Waals surface area contributed by atoms with Crippen LogP contribution in [-0.2, 0) is 0 Å². The lowest BCUT2D eigenvalue weighted by Gasteiger charge is -2.33. The third kappa shape index (κ3) is 2.35. The molecule has 1 aliphatic carbocycles. The van der Waals surface area contributed by atoms with Gasteiger partial charge in [-0.1, -0.05) is 25.8 Å². The molecule has 0 aromatic rings. The van der Waals surface area contributed by atoms with Gasteiger partial charge < -0.3 is 4.90 Å². The quantitative estimate of drug-likeness (QED) is 0.725. The lowest BCUT2D eigenvalue weighted by molar-refractivity contribution is 0.175. The fourth-order valence-electron chi connectivity index (χ4n) is 2.97. The molecule has 17 heavy (non-hydrogen) atoms. The summed E-state index contributed by atoms with van der Waals surface area (Å²) in [6.07, 6.45) is 6.40. The first-order valence-corrected chi connectivity index (χ1v) is 6.40. The third-order valence-corrected chi connectivity index (χ3v) is 3.97. The van der Waals surface area contributed by atoms with Crippen LogP contribution < -0.4 is 5.32 Å². The molecule has 2 amide bonds. The van der Waals surface area contributed by atoms with Crippen LogP contribution in [0.15, 0.2) is 12.7 Å². The minimum Gasteiger partial charge on any atom is -0.310 e. The molecule has 1 atom stereocenters. The van der Waals surface area contributed by atoms with Gasteiger partial charge in [0.05, 0.1) is 6.04 Å². The fourth-order valence-corrected chi connectivity index (χ4v) is 2.97. The molecule has 1 saturated heterocycles. The van der Waals surface area contributed by atoms with Gasteiger partial charge in [-0.15, -0.1) is 6.58 Å². The standard InChI is InChI=1S/C13H21N3O/c1-3-8-16-11(12(14)15-13(16)17)10-6-4-9(2)5-7-10/h3,9-11H,1,4-8H2,2H3,(H2,14,15,17). The number of nitrogens with one attached hydrogen (secondary N) is 2. The summed E-state index contributed by atoms with van der Waals surface area (Å²) in [6, 6.07) is -0.188. The van der Waals surface area contributed by atoms with Crippen LogP contribution in [0.5, 0.6) is 0 Å². The van der Waals surface area contributed by atoms with E-state index in [1.807, 2.05) is 0 Å². The van der Waals surface area contributed by atoms with E-state index in [2.05, 4.69) is 18.8 Å². The summed E-state index contributed by atoms with van der Waals surface area (Å²) < 4.78 is 0. The fraction of sp³-hybridized carbons (Fsp3) is 0.692. The molecule has 0 spiro atoms. The van der Waals surface area contributed by atoms with Gasteiger partial charge >= 0.3 is 6.03 Å². The maximum atomic E-state index is 11.7. The van der Waals surface area contributed by atoms with Crippen LogP contribution in [0.1, 0.15) is 32.6 Å². The number of carbonyl (C=O) groups is 1. The number of carbonyl (C=O) groups excluding carboxylic acids is 1. The zero-order valence-corrected chi connectivity index (χ0v) is 10.4. The SMILES string of the molecule is C=CCN1C(=O)NC(=N)C1C1CCC(C)CC1. The second-order valence-corrected chi connectivity index (χ2v) is 5.25. The van der Waals surface area contributed by atoms with Crippen molar-refractivity contribution in [1.82, 2.24) is 10.2 Å². The second-order valence-electron chi connectivity index (χ2n) is 5.25. The zero-order chi connectivity index (χ0) is 12.4. The van der Waals surface area contributed by atoms with Crippen molar-refractivity contribution < 1.29 is 4.79 Å². The highest BCUT2D eigenvalue weighted by molar-refractivity contribution is 6.05. The summed E-state index contributed by atoms with van der Waals surface area (Å²) in [6.45, 7) is 6.49. The van der Waals surface area contributed by atoms with Gasteiger partial charge in [-0.3, -0.25) is 10.7 Å². The first-order chi connectivity index (χ1) is 8.13.